The van der Waals surface area contributed by atoms with E-state index in [9.17, 15) is 18.8 Å². The highest BCUT2D eigenvalue weighted by atomic mass is 35.5. The van der Waals surface area contributed by atoms with Gasteiger partial charge in [-0.05, 0) is 117 Å². The van der Waals surface area contributed by atoms with E-state index in [4.69, 9.17) is 43.6 Å². The molecule has 0 saturated heterocycles. The number of ketones is 1. The Kier molecular flexibility index (Phi) is 35.7. The van der Waals surface area contributed by atoms with Crippen LogP contribution >= 0.6 is 32.4 Å². The summed E-state index contributed by atoms with van der Waals surface area (Å²) >= 11 is 12.7. The van der Waals surface area contributed by atoms with Gasteiger partial charge in [-0.15, -0.1) is 6.58 Å². The Balaban J connectivity index is -0.00000127. The summed E-state index contributed by atoms with van der Waals surface area (Å²) in [6, 6.07) is 5.26. The molecule has 7 atom stereocenters. The van der Waals surface area contributed by atoms with E-state index in [0.29, 0.717) is 63.5 Å². The second kappa shape index (κ2) is 34.7. The van der Waals surface area contributed by atoms with Crippen LogP contribution in [0, 0.1) is 50.7 Å². The number of fused-ring (bicyclic) bond motifs is 5. The first-order valence-corrected chi connectivity index (χ1v) is 25.6. The zero-order valence-electron chi connectivity index (χ0n) is 43.9. The fourth-order valence-corrected chi connectivity index (χ4v) is 11.8. The predicted octanol–water partition coefficient (Wildman–Crippen LogP) is 16.0. The maximum atomic E-state index is 13.7. The maximum absolute atomic E-state index is 13.7. The highest BCUT2D eigenvalue weighted by Crippen LogP contribution is 2.68. The minimum atomic E-state index is -0.487. The van der Waals surface area contributed by atoms with E-state index in [1.807, 2.05) is 34.6 Å². The summed E-state index contributed by atoms with van der Waals surface area (Å²) in [5, 5.41) is 23.4. The third-order valence-electron chi connectivity index (χ3n) is 13.5. The van der Waals surface area contributed by atoms with Crippen LogP contribution in [0.25, 0.3) is 0 Å². The third kappa shape index (κ3) is 19.5. The number of aliphatic hydroxyl groups is 2. The van der Waals surface area contributed by atoms with Crippen molar-refractivity contribution in [1.29, 1.82) is 5.41 Å². The van der Waals surface area contributed by atoms with E-state index in [-0.39, 0.29) is 28.6 Å². The van der Waals surface area contributed by atoms with Crippen LogP contribution in [0.1, 0.15) is 179 Å². The number of rotatable bonds is 10. The largest absolute Gasteiger partial charge is 0.478 e. The molecule has 3 saturated carbocycles. The van der Waals surface area contributed by atoms with E-state index in [0.717, 1.165) is 44.8 Å². The van der Waals surface area contributed by atoms with Crippen LogP contribution < -0.4 is 0 Å². The number of halogens is 3. The van der Waals surface area contributed by atoms with Gasteiger partial charge < -0.3 is 19.7 Å². The number of carbonyl (C=O) groups is 3. The zero-order valence-corrected chi connectivity index (χ0v) is 46.6. The molecule has 3 fully saturated rings. The summed E-state index contributed by atoms with van der Waals surface area (Å²) in [7, 11) is 4.05. The lowest BCUT2D eigenvalue weighted by molar-refractivity contribution is -0.120. The predicted molar refractivity (Wildman–Crippen MR) is 285 cm³/mol. The fourth-order valence-electron chi connectivity index (χ4n) is 10.7. The number of Topliss-reactive ketones (excluding diaryl/α,β-unsaturated/α-hetero) is 1. The van der Waals surface area contributed by atoms with Gasteiger partial charge in [-0.1, -0.05) is 165 Å². The second-order valence-electron chi connectivity index (χ2n) is 18.4. The Labute approximate surface area is 415 Å². The van der Waals surface area contributed by atoms with E-state index < -0.39 is 5.41 Å². The van der Waals surface area contributed by atoms with E-state index in [1.54, 1.807) is 45.0 Å². The Bertz CT molecular complexity index is 1670. The van der Waals surface area contributed by atoms with Crippen molar-refractivity contribution in [3.05, 3.63) is 82.2 Å². The van der Waals surface area contributed by atoms with Crippen LogP contribution in [0.2, 0.25) is 10.0 Å². The van der Waals surface area contributed by atoms with Crippen molar-refractivity contribution >= 4 is 55.9 Å². The van der Waals surface area contributed by atoms with Crippen molar-refractivity contribution in [2.24, 2.45) is 45.3 Å². The van der Waals surface area contributed by atoms with Crippen LogP contribution in [0.3, 0.4) is 0 Å². The Morgan fingerprint density at radius 2 is 1.52 bits per heavy atom. The van der Waals surface area contributed by atoms with Gasteiger partial charge in [0, 0.05) is 37.9 Å². The summed E-state index contributed by atoms with van der Waals surface area (Å²) < 4.78 is 17.6. The van der Waals surface area contributed by atoms with E-state index in [2.05, 4.69) is 57.0 Å². The standard InChI is InChI=1S/C35H49Cl2NO2.C6H11O2P.C5H7F.C3H6.2C2H6.2CH4O/c1-6-33(4)16-8-7-9-17-34(5)24-15-18-35(19-20-40-32(38)30-25(36)11-10-12-26(30)37)21-27(39)29(22(2)3)31(35)23(24)13-14-28(33)34;1-6(2,4-7)3-5(8)9;1-3-5(6)4-2;1-3-2;4*1-2/h10-12,22-24,28,38H,6-9,13-21H2,1-5H3;4H,3,9H2,1-2H3;3-4H,1H2,2H3;3H,1H2,2H3;2*1-2H3;2*2H,1H3/b;;5-4+;;;;;. The molecule has 4 aliphatic rings. The molecule has 0 bridgehead atoms. The highest BCUT2D eigenvalue weighted by Gasteiger charge is 2.60. The van der Waals surface area contributed by atoms with Gasteiger partial charge in [0.1, 0.15) is 17.6 Å². The minimum absolute atomic E-state index is 0.0148. The number of hydrogen-bond acceptors (Lipinski definition) is 7. The average Bonchev–Trinajstić information content (AvgIpc) is 3.60. The number of nitrogens with one attached hydrogen (secondary N) is 1. The molecule has 7 unspecified atom stereocenters. The van der Waals surface area contributed by atoms with Gasteiger partial charge in [0.25, 0.3) is 0 Å². The van der Waals surface area contributed by atoms with E-state index in [1.165, 1.54) is 75.5 Å². The topological polar surface area (TPSA) is 125 Å². The molecule has 1 aromatic rings. The molecule has 380 valence electrons. The first-order chi connectivity index (χ1) is 31.2. The van der Waals surface area contributed by atoms with Crippen molar-refractivity contribution in [1.82, 2.24) is 0 Å². The lowest BCUT2D eigenvalue weighted by Gasteiger charge is -2.62. The number of allylic oxidation sites excluding steroid dienone is 6. The molecule has 66 heavy (non-hydrogen) atoms. The van der Waals surface area contributed by atoms with Crippen LogP contribution in [0.15, 0.2) is 66.6 Å². The Morgan fingerprint density at radius 1 is 0.985 bits per heavy atom. The molecule has 0 aromatic heterocycles. The van der Waals surface area contributed by atoms with Crippen LogP contribution in [-0.4, -0.2) is 54.5 Å². The first kappa shape index (κ1) is 67.8. The summed E-state index contributed by atoms with van der Waals surface area (Å²) in [5.41, 5.74) is 3.18. The summed E-state index contributed by atoms with van der Waals surface area (Å²) in [4.78, 5) is 34.3. The van der Waals surface area contributed by atoms with Crippen molar-refractivity contribution in [2.45, 2.75) is 173 Å². The molecule has 5 rings (SSSR count). The summed E-state index contributed by atoms with van der Waals surface area (Å²) in [5.74, 6) is 2.27. The molecular formula is C55H93Cl2FNO6P. The van der Waals surface area contributed by atoms with Gasteiger partial charge in [0.05, 0.1) is 22.2 Å². The highest BCUT2D eigenvalue weighted by molar-refractivity contribution is 7.40. The first-order valence-electron chi connectivity index (χ1n) is 24.3. The van der Waals surface area contributed by atoms with Gasteiger partial charge >= 0.3 is 0 Å². The number of hydrogen-bond donors (Lipinski definition) is 3. The van der Waals surface area contributed by atoms with Gasteiger partial charge in [-0.25, -0.2) is 4.39 Å². The van der Waals surface area contributed by atoms with Gasteiger partial charge in [-0.3, -0.25) is 15.0 Å². The molecule has 1 aromatic carbocycles. The second-order valence-corrected chi connectivity index (χ2v) is 19.8. The Hall–Kier alpha value is -2.48. The average molecular weight is 985 g/mol. The van der Waals surface area contributed by atoms with Crippen molar-refractivity contribution in [3.63, 3.8) is 0 Å². The summed E-state index contributed by atoms with van der Waals surface area (Å²) in [6.07, 6.45) is 19.6. The van der Waals surface area contributed by atoms with E-state index >= 15 is 0 Å². The minimum Gasteiger partial charge on any atom is -0.478 e. The third-order valence-corrected chi connectivity index (χ3v) is 14.3. The number of aldehydes is 1. The smallest absolute Gasteiger partial charge is 0.216 e. The number of carbonyl (C=O) groups excluding carboxylic acids is 3. The van der Waals surface area contributed by atoms with Gasteiger partial charge in [0.15, 0.2) is 5.78 Å². The fraction of sp³-hybridized carbons (Fsp3) is 0.673. The molecule has 0 heterocycles. The molecule has 3 N–H and O–H groups in total. The molecular weight excluding hydrogens is 891 g/mol. The maximum Gasteiger partial charge on any atom is 0.216 e. The SMILES string of the molecule is C=C/C(F)=C\C.C=CC.CC.CC.CC(C)(C=O)CC(=O)P.CCC1(C)CCCCCC2(C)C3CCC4(CCOC(=N)c5c(Cl)cccc5Cl)CC(=O)C(C(C)C)=C4C3CCC12.CO.CO. The lowest BCUT2D eigenvalue weighted by atomic mass is 9.43. The number of benzene rings is 1. The monoisotopic (exact) mass is 984 g/mol. The lowest BCUT2D eigenvalue weighted by Crippen LogP contribution is -2.53. The molecule has 4 aliphatic carbocycles. The summed E-state index contributed by atoms with van der Waals surface area (Å²) in [6.45, 7) is 34.0. The molecule has 0 aliphatic heterocycles. The normalized spacial score (nSPS) is 24.9. The molecule has 7 nitrogen and oxygen atoms in total. The van der Waals surface area contributed by atoms with Crippen LogP contribution in [0.4, 0.5) is 4.39 Å². The van der Waals surface area contributed by atoms with Gasteiger partial charge in [-0.2, -0.15) is 0 Å². The van der Waals surface area contributed by atoms with Crippen molar-refractivity contribution < 1.29 is 33.7 Å². The molecule has 0 spiro atoms. The van der Waals surface area contributed by atoms with Crippen LogP contribution in [-0.2, 0) is 19.1 Å². The van der Waals surface area contributed by atoms with Crippen molar-refractivity contribution in [3.8, 4) is 0 Å². The van der Waals surface area contributed by atoms with Gasteiger partial charge in [0.2, 0.25) is 5.90 Å². The zero-order chi connectivity index (χ0) is 52.1. The quantitative estimate of drug-likeness (QED) is 0.0536. The number of ether oxygens (including phenoxy) is 1. The van der Waals surface area contributed by atoms with Crippen LogP contribution in [0.5, 0.6) is 0 Å². The molecule has 0 amide bonds. The number of aliphatic hydroxyl groups excluding tert-OH is 2. The molecule has 11 heteroatoms. The molecule has 0 radical (unpaired) electrons. The Morgan fingerprint density at radius 3 is 1.94 bits per heavy atom. The van der Waals surface area contributed by atoms with Crippen molar-refractivity contribution in [2.75, 3.05) is 20.8 Å².